The molecular weight excluding hydrogens is 289 g/mol. The van der Waals surface area contributed by atoms with Gasteiger partial charge in [0.25, 0.3) is 0 Å². The molecule has 0 unspecified atom stereocenters. The molecule has 4 rings (SSSR count). The van der Waals surface area contributed by atoms with Crippen LogP contribution in [-0.4, -0.2) is 21.2 Å². The Hall–Kier alpha value is -2.46. The van der Waals surface area contributed by atoms with E-state index in [1.807, 2.05) is 6.07 Å². The Bertz CT molecular complexity index is 793. The van der Waals surface area contributed by atoms with E-state index < -0.39 is 0 Å². The fourth-order valence-electron chi connectivity index (χ4n) is 3.06. The molecule has 4 heteroatoms. The van der Waals surface area contributed by atoms with E-state index in [9.17, 15) is 4.39 Å². The molecule has 1 aliphatic rings. The molecule has 0 saturated heterocycles. The van der Waals surface area contributed by atoms with Crippen molar-refractivity contribution in [2.45, 2.75) is 19.6 Å². The maximum atomic E-state index is 13.1. The first-order valence-electron chi connectivity index (χ1n) is 7.87. The van der Waals surface area contributed by atoms with Gasteiger partial charge < -0.3 is 0 Å². The summed E-state index contributed by atoms with van der Waals surface area (Å²) >= 11 is 0. The summed E-state index contributed by atoms with van der Waals surface area (Å²) in [5, 5.41) is 4.66. The molecule has 23 heavy (non-hydrogen) atoms. The number of aromatic nitrogens is 2. The first-order chi connectivity index (χ1) is 11.3. The van der Waals surface area contributed by atoms with Gasteiger partial charge in [0.05, 0.1) is 17.9 Å². The minimum absolute atomic E-state index is 0.216. The Balaban J connectivity index is 1.52. The average molecular weight is 307 g/mol. The second kappa shape index (κ2) is 5.97. The molecule has 0 fully saturated rings. The fourth-order valence-corrected chi connectivity index (χ4v) is 3.06. The molecule has 0 bridgehead atoms. The van der Waals surface area contributed by atoms with E-state index in [1.165, 1.54) is 23.4 Å². The summed E-state index contributed by atoms with van der Waals surface area (Å²) in [7, 11) is 0. The van der Waals surface area contributed by atoms with Gasteiger partial charge in [-0.15, -0.1) is 0 Å². The molecule has 0 radical (unpaired) electrons. The lowest BCUT2D eigenvalue weighted by Gasteiger charge is -2.27. The molecule has 2 heterocycles. The topological polar surface area (TPSA) is 21.1 Å². The predicted octanol–water partition coefficient (Wildman–Crippen LogP) is 3.71. The Labute approximate surface area is 135 Å². The van der Waals surface area contributed by atoms with Gasteiger partial charge in [-0.25, -0.2) is 4.39 Å². The maximum absolute atomic E-state index is 13.1. The van der Waals surface area contributed by atoms with E-state index >= 15 is 0 Å². The van der Waals surface area contributed by atoms with Gasteiger partial charge in [0.2, 0.25) is 0 Å². The lowest BCUT2D eigenvalue weighted by Crippen LogP contribution is -2.33. The molecule has 116 valence electrons. The normalized spacial score (nSPS) is 14.7. The third-order valence-electron chi connectivity index (χ3n) is 4.27. The molecule has 1 aromatic heterocycles. The lowest BCUT2D eigenvalue weighted by molar-refractivity contribution is 0.205. The quantitative estimate of drug-likeness (QED) is 0.735. The molecule has 3 aromatic rings. The summed E-state index contributed by atoms with van der Waals surface area (Å²) in [5.41, 5.74) is 4.43. The van der Waals surface area contributed by atoms with Gasteiger partial charge in [0, 0.05) is 25.2 Å². The molecule has 0 N–H and O–H groups in total. The van der Waals surface area contributed by atoms with Crippen LogP contribution in [-0.2, 0) is 19.6 Å². The average Bonchev–Trinajstić information content (AvgIpc) is 3.00. The number of nitrogens with zero attached hydrogens (tertiary/aromatic N) is 3. The zero-order valence-corrected chi connectivity index (χ0v) is 12.8. The fraction of sp³-hybridized carbons (Fsp3) is 0.211. The van der Waals surface area contributed by atoms with Crippen molar-refractivity contribution >= 4 is 0 Å². The number of benzene rings is 2. The minimum atomic E-state index is -0.216. The smallest absolute Gasteiger partial charge is 0.123 e. The highest BCUT2D eigenvalue weighted by Gasteiger charge is 2.19. The van der Waals surface area contributed by atoms with Crippen molar-refractivity contribution in [2.24, 2.45) is 0 Å². The lowest BCUT2D eigenvalue weighted by atomic mass is 10.1. The van der Waals surface area contributed by atoms with E-state index in [0.29, 0.717) is 0 Å². The molecule has 0 aliphatic carbocycles. The number of rotatable bonds is 3. The summed E-state index contributed by atoms with van der Waals surface area (Å²) in [6, 6.07) is 19.2. The van der Waals surface area contributed by atoms with E-state index in [4.69, 9.17) is 0 Å². The van der Waals surface area contributed by atoms with Crippen LogP contribution in [0, 0.1) is 5.82 Å². The Morgan fingerprint density at radius 1 is 0.957 bits per heavy atom. The minimum Gasteiger partial charge on any atom is -0.291 e. The van der Waals surface area contributed by atoms with Crippen molar-refractivity contribution in [2.75, 3.05) is 6.54 Å². The summed E-state index contributed by atoms with van der Waals surface area (Å²) < 4.78 is 15.1. The van der Waals surface area contributed by atoms with Crippen LogP contribution in [0.3, 0.4) is 0 Å². The van der Waals surface area contributed by atoms with Crippen LogP contribution in [0.4, 0.5) is 4.39 Å². The van der Waals surface area contributed by atoms with Gasteiger partial charge in [-0.3, -0.25) is 9.58 Å². The highest BCUT2D eigenvalue weighted by Crippen LogP contribution is 2.23. The van der Waals surface area contributed by atoms with Gasteiger partial charge >= 0.3 is 0 Å². The zero-order valence-electron chi connectivity index (χ0n) is 12.8. The first-order valence-corrected chi connectivity index (χ1v) is 7.87. The molecule has 0 saturated carbocycles. The largest absolute Gasteiger partial charge is 0.291 e. The van der Waals surface area contributed by atoms with E-state index in [2.05, 4.69) is 45.0 Å². The zero-order chi connectivity index (χ0) is 15.6. The second-order valence-corrected chi connectivity index (χ2v) is 5.95. The monoisotopic (exact) mass is 307 g/mol. The molecule has 2 aromatic carbocycles. The van der Waals surface area contributed by atoms with Crippen LogP contribution in [0.1, 0.15) is 11.3 Å². The predicted molar refractivity (Wildman–Crippen MR) is 88.2 cm³/mol. The van der Waals surface area contributed by atoms with Crippen molar-refractivity contribution in [3.8, 4) is 11.3 Å². The van der Waals surface area contributed by atoms with Gasteiger partial charge in [-0.05, 0) is 35.9 Å². The number of fused-ring (bicyclic) bond motifs is 1. The van der Waals surface area contributed by atoms with Crippen LogP contribution in [0.2, 0.25) is 0 Å². The van der Waals surface area contributed by atoms with E-state index in [0.717, 1.165) is 37.4 Å². The Morgan fingerprint density at radius 3 is 2.52 bits per heavy atom. The van der Waals surface area contributed by atoms with Gasteiger partial charge in [-0.2, -0.15) is 5.10 Å². The molecule has 3 nitrogen and oxygen atoms in total. The van der Waals surface area contributed by atoms with Gasteiger partial charge in [0.1, 0.15) is 5.82 Å². The Morgan fingerprint density at radius 2 is 1.74 bits per heavy atom. The third-order valence-corrected chi connectivity index (χ3v) is 4.27. The van der Waals surface area contributed by atoms with Crippen LogP contribution in [0.25, 0.3) is 11.3 Å². The van der Waals surface area contributed by atoms with Crippen molar-refractivity contribution in [3.05, 3.63) is 77.7 Å². The molecule has 1 aliphatic heterocycles. The summed E-state index contributed by atoms with van der Waals surface area (Å²) in [6.45, 7) is 3.73. The summed E-state index contributed by atoms with van der Waals surface area (Å²) in [4.78, 5) is 2.43. The molecular formula is C19H18FN3. The maximum Gasteiger partial charge on any atom is 0.123 e. The third kappa shape index (κ3) is 3.03. The summed E-state index contributed by atoms with van der Waals surface area (Å²) in [6.07, 6.45) is 0. The highest BCUT2D eigenvalue weighted by atomic mass is 19.1. The number of halogens is 1. The van der Waals surface area contributed by atoms with E-state index in [1.54, 1.807) is 12.1 Å². The van der Waals surface area contributed by atoms with Crippen molar-refractivity contribution in [1.29, 1.82) is 0 Å². The van der Waals surface area contributed by atoms with Crippen molar-refractivity contribution in [3.63, 3.8) is 0 Å². The molecule has 0 amide bonds. The number of hydrogen-bond acceptors (Lipinski definition) is 2. The standard InChI is InChI=1S/C19H18FN3/c20-17-8-6-16(7-9-17)19-12-18-14-22(10-11-23(18)21-19)13-15-4-2-1-3-5-15/h1-9,12H,10-11,13-14H2. The molecule has 0 spiro atoms. The first kappa shape index (κ1) is 14.2. The SMILES string of the molecule is Fc1ccc(-c2cc3n(n2)CCN(Cc2ccccc2)C3)cc1. The summed E-state index contributed by atoms with van der Waals surface area (Å²) in [5.74, 6) is -0.216. The van der Waals surface area contributed by atoms with Gasteiger partial charge in [0.15, 0.2) is 0 Å². The van der Waals surface area contributed by atoms with Crippen molar-refractivity contribution in [1.82, 2.24) is 14.7 Å². The van der Waals surface area contributed by atoms with Crippen molar-refractivity contribution < 1.29 is 4.39 Å². The second-order valence-electron chi connectivity index (χ2n) is 5.95. The number of hydrogen-bond donors (Lipinski definition) is 0. The molecule has 0 atom stereocenters. The van der Waals surface area contributed by atoms with Crippen LogP contribution in [0.15, 0.2) is 60.7 Å². The van der Waals surface area contributed by atoms with E-state index in [-0.39, 0.29) is 5.82 Å². The van der Waals surface area contributed by atoms with Gasteiger partial charge in [-0.1, -0.05) is 30.3 Å². The Kier molecular flexibility index (Phi) is 3.67. The van der Waals surface area contributed by atoms with Crippen LogP contribution >= 0.6 is 0 Å². The highest BCUT2D eigenvalue weighted by molar-refractivity contribution is 5.59. The van der Waals surface area contributed by atoms with Crippen LogP contribution in [0.5, 0.6) is 0 Å². The van der Waals surface area contributed by atoms with Crippen LogP contribution < -0.4 is 0 Å².